The molecular formula is C15H16F2N4O3. The molecule has 0 fully saturated rings. The van der Waals surface area contributed by atoms with Gasteiger partial charge in [0.1, 0.15) is 0 Å². The number of ether oxygens (including phenoxy) is 2. The number of benzene rings is 1. The summed E-state index contributed by atoms with van der Waals surface area (Å²) in [7, 11) is 1.35. The molecule has 9 heteroatoms. The number of nitrogens with zero attached hydrogens (tertiary/aromatic N) is 2. The van der Waals surface area contributed by atoms with Gasteiger partial charge >= 0.3 is 6.61 Å². The second kappa shape index (κ2) is 7.53. The maximum absolute atomic E-state index is 12.3. The molecule has 0 amide bonds. The Bertz CT molecular complexity index is 806. The molecule has 2 aromatic rings. The van der Waals surface area contributed by atoms with Gasteiger partial charge in [-0.3, -0.25) is 9.78 Å². The highest BCUT2D eigenvalue weighted by Crippen LogP contribution is 2.29. The van der Waals surface area contributed by atoms with Crippen LogP contribution in [-0.2, 0) is 0 Å². The zero-order valence-corrected chi connectivity index (χ0v) is 13.3. The molecule has 0 atom stereocenters. The highest BCUT2D eigenvalue weighted by atomic mass is 19.3. The predicted molar refractivity (Wildman–Crippen MR) is 85.1 cm³/mol. The van der Waals surface area contributed by atoms with Crippen molar-refractivity contribution in [3.63, 3.8) is 0 Å². The summed E-state index contributed by atoms with van der Waals surface area (Å²) in [4.78, 5) is 17.9. The van der Waals surface area contributed by atoms with Gasteiger partial charge in [-0.25, -0.2) is 10.4 Å². The lowest BCUT2D eigenvalue weighted by Gasteiger charge is -2.11. The van der Waals surface area contributed by atoms with Crippen molar-refractivity contribution >= 4 is 11.7 Å². The maximum atomic E-state index is 12.3. The first kappa shape index (κ1) is 17.4. The van der Waals surface area contributed by atoms with E-state index in [1.54, 1.807) is 19.9 Å². The normalized spacial score (nSPS) is 11.5. The number of aromatic nitrogens is 2. The number of hydrazone groups is 1. The van der Waals surface area contributed by atoms with Crippen molar-refractivity contribution in [3.8, 4) is 11.5 Å². The van der Waals surface area contributed by atoms with Gasteiger partial charge in [-0.2, -0.15) is 13.9 Å². The van der Waals surface area contributed by atoms with Crippen LogP contribution in [0.3, 0.4) is 0 Å². The van der Waals surface area contributed by atoms with Crippen LogP contribution in [0, 0.1) is 6.92 Å². The number of rotatable bonds is 6. The van der Waals surface area contributed by atoms with Gasteiger partial charge in [0, 0.05) is 17.3 Å². The van der Waals surface area contributed by atoms with Crippen LogP contribution in [0.2, 0.25) is 0 Å². The first-order valence-corrected chi connectivity index (χ1v) is 6.90. The zero-order valence-electron chi connectivity index (χ0n) is 13.3. The molecule has 0 spiro atoms. The molecule has 0 aliphatic rings. The Kier molecular flexibility index (Phi) is 5.46. The molecule has 24 heavy (non-hydrogen) atoms. The number of alkyl halides is 2. The van der Waals surface area contributed by atoms with Crippen LogP contribution in [-0.4, -0.2) is 29.4 Å². The third-order valence-corrected chi connectivity index (χ3v) is 3.00. The molecule has 0 radical (unpaired) electrons. The van der Waals surface area contributed by atoms with Gasteiger partial charge in [0.25, 0.3) is 5.56 Å². The van der Waals surface area contributed by atoms with E-state index >= 15 is 0 Å². The van der Waals surface area contributed by atoms with Crippen LogP contribution in [0.5, 0.6) is 11.5 Å². The SMILES string of the molecule is COc1cc(/C(C)=N\Nc2nc(C)cc(=O)[nH]2)ccc1OC(F)F. The fourth-order valence-electron chi connectivity index (χ4n) is 1.92. The lowest BCUT2D eigenvalue weighted by atomic mass is 10.1. The summed E-state index contributed by atoms with van der Waals surface area (Å²) in [5, 5.41) is 4.10. The van der Waals surface area contributed by atoms with Crippen LogP contribution in [0.25, 0.3) is 0 Å². The third-order valence-electron chi connectivity index (χ3n) is 3.00. The van der Waals surface area contributed by atoms with Crippen molar-refractivity contribution in [1.82, 2.24) is 9.97 Å². The number of hydrogen-bond acceptors (Lipinski definition) is 6. The number of anilines is 1. The molecule has 2 rings (SSSR count). The van der Waals surface area contributed by atoms with E-state index < -0.39 is 6.61 Å². The Labute approximate surface area is 136 Å². The molecule has 0 aliphatic carbocycles. The summed E-state index contributed by atoms with van der Waals surface area (Å²) in [6.45, 7) is 0.442. The van der Waals surface area contributed by atoms with Gasteiger partial charge in [0.05, 0.1) is 12.8 Å². The van der Waals surface area contributed by atoms with Crippen molar-refractivity contribution in [1.29, 1.82) is 0 Å². The molecule has 1 aromatic carbocycles. The lowest BCUT2D eigenvalue weighted by molar-refractivity contribution is -0.0512. The molecule has 0 saturated carbocycles. The molecule has 0 saturated heterocycles. The first-order valence-electron chi connectivity index (χ1n) is 6.90. The largest absolute Gasteiger partial charge is 0.493 e. The summed E-state index contributed by atoms with van der Waals surface area (Å²) in [6, 6.07) is 5.80. The van der Waals surface area contributed by atoms with Gasteiger partial charge in [-0.1, -0.05) is 0 Å². The Hall–Kier alpha value is -2.97. The van der Waals surface area contributed by atoms with Gasteiger partial charge in [0.2, 0.25) is 5.95 Å². The quantitative estimate of drug-likeness (QED) is 0.624. The van der Waals surface area contributed by atoms with Crippen LogP contribution in [0.4, 0.5) is 14.7 Å². The molecule has 0 bridgehead atoms. The summed E-state index contributed by atoms with van der Waals surface area (Å²) in [6.07, 6.45) is 0. The summed E-state index contributed by atoms with van der Waals surface area (Å²) < 4.78 is 34.0. The standard InChI is InChI=1S/C15H16F2N4O3/c1-8-6-13(22)19-15(18-8)21-20-9(2)10-4-5-11(24-14(16)17)12(7-10)23-3/h4-7,14H,1-3H3,(H2,18,19,21,22)/b20-9-. The van der Waals surface area contributed by atoms with E-state index in [0.717, 1.165) is 0 Å². The van der Waals surface area contributed by atoms with E-state index in [0.29, 0.717) is 17.0 Å². The molecule has 2 N–H and O–H groups in total. The number of aromatic amines is 1. The highest BCUT2D eigenvalue weighted by Gasteiger charge is 2.12. The second-order valence-corrected chi connectivity index (χ2v) is 4.79. The minimum Gasteiger partial charge on any atom is -0.493 e. The summed E-state index contributed by atoms with van der Waals surface area (Å²) >= 11 is 0. The third kappa shape index (κ3) is 4.51. The number of nitrogens with one attached hydrogen (secondary N) is 2. The number of halogens is 2. The number of aryl methyl sites for hydroxylation is 1. The smallest absolute Gasteiger partial charge is 0.387 e. The molecule has 0 unspecified atom stereocenters. The van der Waals surface area contributed by atoms with E-state index in [9.17, 15) is 13.6 Å². The Morgan fingerprint density at radius 3 is 2.71 bits per heavy atom. The van der Waals surface area contributed by atoms with Gasteiger partial charge < -0.3 is 9.47 Å². The number of H-pyrrole nitrogens is 1. The Morgan fingerprint density at radius 2 is 2.08 bits per heavy atom. The van der Waals surface area contributed by atoms with Crippen LogP contribution < -0.4 is 20.5 Å². The van der Waals surface area contributed by atoms with Crippen molar-refractivity contribution in [2.75, 3.05) is 12.5 Å². The molecular weight excluding hydrogens is 322 g/mol. The summed E-state index contributed by atoms with van der Waals surface area (Å²) in [5.74, 6) is 0.287. The fraction of sp³-hybridized carbons (Fsp3) is 0.267. The topological polar surface area (TPSA) is 88.6 Å². The van der Waals surface area contributed by atoms with Crippen LogP contribution in [0.1, 0.15) is 18.2 Å². The zero-order chi connectivity index (χ0) is 17.7. The van der Waals surface area contributed by atoms with Crippen LogP contribution in [0.15, 0.2) is 34.2 Å². The molecule has 1 aromatic heterocycles. The first-order chi connectivity index (χ1) is 11.4. The average molecular weight is 338 g/mol. The monoisotopic (exact) mass is 338 g/mol. The van der Waals surface area contributed by atoms with Crippen LogP contribution >= 0.6 is 0 Å². The van der Waals surface area contributed by atoms with Crippen molar-refractivity contribution in [2.24, 2.45) is 5.10 Å². The minimum atomic E-state index is -2.94. The van der Waals surface area contributed by atoms with Gasteiger partial charge in [0.15, 0.2) is 11.5 Å². The fourth-order valence-corrected chi connectivity index (χ4v) is 1.92. The second-order valence-electron chi connectivity index (χ2n) is 4.79. The number of methoxy groups -OCH3 is 1. The van der Waals surface area contributed by atoms with Crippen molar-refractivity contribution in [2.45, 2.75) is 20.5 Å². The molecule has 0 aliphatic heterocycles. The Balaban J connectivity index is 2.22. The van der Waals surface area contributed by atoms with E-state index in [-0.39, 0.29) is 23.0 Å². The van der Waals surface area contributed by atoms with Gasteiger partial charge in [-0.15, -0.1) is 0 Å². The minimum absolute atomic E-state index is 0.0679. The average Bonchev–Trinajstić information content (AvgIpc) is 2.51. The number of hydrogen-bond donors (Lipinski definition) is 2. The van der Waals surface area contributed by atoms with E-state index in [1.165, 1.54) is 25.3 Å². The molecule has 1 heterocycles. The summed E-state index contributed by atoms with van der Waals surface area (Å²) in [5.41, 5.74) is 4.04. The van der Waals surface area contributed by atoms with Crippen molar-refractivity contribution < 1.29 is 18.3 Å². The molecule has 128 valence electrons. The molecule has 7 nitrogen and oxygen atoms in total. The predicted octanol–water partition coefficient (Wildman–Crippen LogP) is 2.52. The van der Waals surface area contributed by atoms with E-state index in [1.807, 2.05) is 0 Å². The Morgan fingerprint density at radius 1 is 1.33 bits per heavy atom. The van der Waals surface area contributed by atoms with E-state index in [4.69, 9.17) is 4.74 Å². The van der Waals surface area contributed by atoms with Crippen molar-refractivity contribution in [3.05, 3.63) is 45.9 Å². The highest BCUT2D eigenvalue weighted by molar-refractivity contribution is 5.99. The van der Waals surface area contributed by atoms with Gasteiger partial charge in [-0.05, 0) is 32.0 Å². The maximum Gasteiger partial charge on any atom is 0.387 e. The lowest BCUT2D eigenvalue weighted by Crippen LogP contribution is -2.11. The van der Waals surface area contributed by atoms with E-state index in [2.05, 4.69) is 25.2 Å².